The normalized spacial score (nSPS) is 14.6. The monoisotopic (exact) mass is 223 g/mol. The van der Waals surface area contributed by atoms with E-state index in [0.717, 1.165) is 16.9 Å². The van der Waals surface area contributed by atoms with Gasteiger partial charge in [-0.1, -0.05) is 18.2 Å². The Morgan fingerprint density at radius 3 is 2.38 bits per heavy atom. The van der Waals surface area contributed by atoms with Crippen molar-refractivity contribution < 1.29 is 9.84 Å². The molecule has 0 bridgehead atoms. The molecule has 3 nitrogen and oxygen atoms in total. The van der Waals surface area contributed by atoms with E-state index in [2.05, 4.69) is 0 Å². The van der Waals surface area contributed by atoms with Gasteiger partial charge in [-0.2, -0.15) is 0 Å². The average molecular weight is 223 g/mol. The van der Waals surface area contributed by atoms with E-state index in [0.29, 0.717) is 13.0 Å². The highest BCUT2D eigenvalue weighted by Gasteiger charge is 2.17. The minimum Gasteiger partial charge on any atom is -0.493 e. The van der Waals surface area contributed by atoms with Gasteiger partial charge in [-0.15, -0.1) is 0 Å². The van der Waals surface area contributed by atoms with E-state index in [1.165, 1.54) is 0 Å². The first kappa shape index (κ1) is 13.0. The second kappa shape index (κ2) is 5.32. The summed E-state index contributed by atoms with van der Waals surface area (Å²) in [6.07, 6.45) is 0.636. The third-order valence-corrected chi connectivity index (χ3v) is 2.69. The van der Waals surface area contributed by atoms with Crippen LogP contribution in [0.25, 0.3) is 0 Å². The lowest BCUT2D eigenvalue weighted by atomic mass is 10.0. The summed E-state index contributed by atoms with van der Waals surface area (Å²) in [4.78, 5) is 0. The number of nitrogens with two attached hydrogens (primary N) is 1. The van der Waals surface area contributed by atoms with Crippen molar-refractivity contribution in [1.29, 1.82) is 0 Å². The molecule has 1 unspecified atom stereocenters. The Labute approximate surface area is 97.2 Å². The lowest BCUT2D eigenvalue weighted by Gasteiger charge is -2.22. The number of hydrogen-bond donors (Lipinski definition) is 2. The zero-order valence-electron chi connectivity index (χ0n) is 10.3. The summed E-state index contributed by atoms with van der Waals surface area (Å²) in [5.74, 6) is 0.927. The molecule has 0 heterocycles. The molecule has 0 aliphatic rings. The van der Waals surface area contributed by atoms with Crippen LogP contribution in [0.15, 0.2) is 18.2 Å². The van der Waals surface area contributed by atoms with Crippen LogP contribution in [-0.4, -0.2) is 23.9 Å². The second-order valence-corrected chi connectivity index (χ2v) is 4.63. The van der Waals surface area contributed by atoms with Crippen molar-refractivity contribution >= 4 is 0 Å². The van der Waals surface area contributed by atoms with Gasteiger partial charge in [0.2, 0.25) is 0 Å². The first-order valence-corrected chi connectivity index (χ1v) is 5.55. The summed E-state index contributed by atoms with van der Waals surface area (Å²) in [5.41, 5.74) is 7.52. The Kier molecular flexibility index (Phi) is 4.33. The average Bonchev–Trinajstić information content (AvgIpc) is 2.22. The Bertz CT molecular complexity index is 328. The zero-order chi connectivity index (χ0) is 12.2. The first-order chi connectivity index (χ1) is 7.46. The van der Waals surface area contributed by atoms with E-state index in [1.807, 2.05) is 39.0 Å². The molecule has 0 radical (unpaired) electrons. The van der Waals surface area contributed by atoms with Crippen LogP contribution in [0.1, 0.15) is 24.5 Å². The topological polar surface area (TPSA) is 55.5 Å². The SMILES string of the molecule is Cc1cccc(C)c1OCCC(C)(N)CO. The summed E-state index contributed by atoms with van der Waals surface area (Å²) in [6.45, 7) is 6.37. The van der Waals surface area contributed by atoms with Crippen LogP contribution < -0.4 is 10.5 Å². The number of aryl methyl sites for hydroxylation is 2. The van der Waals surface area contributed by atoms with Gasteiger partial charge < -0.3 is 15.6 Å². The number of hydrogen-bond acceptors (Lipinski definition) is 3. The predicted octanol–water partition coefficient (Wildman–Crippen LogP) is 1.78. The van der Waals surface area contributed by atoms with Crippen LogP contribution in [-0.2, 0) is 0 Å². The molecular formula is C13H21NO2. The van der Waals surface area contributed by atoms with Gasteiger partial charge in [-0.25, -0.2) is 0 Å². The highest BCUT2D eigenvalue weighted by Crippen LogP contribution is 2.22. The second-order valence-electron chi connectivity index (χ2n) is 4.63. The fourth-order valence-corrected chi connectivity index (χ4v) is 1.49. The van der Waals surface area contributed by atoms with Crippen molar-refractivity contribution in [2.45, 2.75) is 32.7 Å². The molecule has 0 saturated carbocycles. The van der Waals surface area contributed by atoms with Crippen LogP contribution in [0.3, 0.4) is 0 Å². The van der Waals surface area contributed by atoms with Gasteiger partial charge in [-0.3, -0.25) is 0 Å². The Morgan fingerprint density at radius 2 is 1.88 bits per heavy atom. The Balaban J connectivity index is 2.56. The molecule has 0 amide bonds. The molecular weight excluding hydrogens is 202 g/mol. The fraction of sp³-hybridized carbons (Fsp3) is 0.538. The molecule has 0 saturated heterocycles. The highest BCUT2D eigenvalue weighted by atomic mass is 16.5. The quantitative estimate of drug-likeness (QED) is 0.800. The highest BCUT2D eigenvalue weighted by molar-refractivity contribution is 5.39. The van der Waals surface area contributed by atoms with Crippen molar-refractivity contribution in [3.8, 4) is 5.75 Å². The predicted molar refractivity (Wildman–Crippen MR) is 65.7 cm³/mol. The zero-order valence-corrected chi connectivity index (χ0v) is 10.3. The van der Waals surface area contributed by atoms with E-state index in [-0.39, 0.29) is 6.61 Å². The Morgan fingerprint density at radius 1 is 1.31 bits per heavy atom. The number of rotatable bonds is 5. The minimum absolute atomic E-state index is 0.0247. The van der Waals surface area contributed by atoms with Crippen LogP contribution in [0.2, 0.25) is 0 Å². The van der Waals surface area contributed by atoms with Crippen molar-refractivity contribution in [3.05, 3.63) is 29.3 Å². The first-order valence-electron chi connectivity index (χ1n) is 5.55. The van der Waals surface area contributed by atoms with Crippen molar-refractivity contribution in [1.82, 2.24) is 0 Å². The maximum Gasteiger partial charge on any atom is 0.125 e. The number of ether oxygens (including phenoxy) is 1. The van der Waals surface area contributed by atoms with Crippen LogP contribution in [0.5, 0.6) is 5.75 Å². The molecule has 3 heteroatoms. The lowest BCUT2D eigenvalue weighted by molar-refractivity contribution is 0.174. The van der Waals surface area contributed by atoms with Crippen molar-refractivity contribution in [2.24, 2.45) is 5.73 Å². The fourth-order valence-electron chi connectivity index (χ4n) is 1.49. The van der Waals surface area contributed by atoms with Crippen molar-refractivity contribution in [2.75, 3.05) is 13.2 Å². The maximum atomic E-state index is 9.02. The lowest BCUT2D eigenvalue weighted by Crippen LogP contribution is -2.41. The van der Waals surface area contributed by atoms with E-state index < -0.39 is 5.54 Å². The molecule has 1 rings (SSSR count). The molecule has 0 aliphatic carbocycles. The molecule has 1 aromatic carbocycles. The number of para-hydroxylation sites is 1. The summed E-state index contributed by atoms with van der Waals surface area (Å²) >= 11 is 0. The van der Waals surface area contributed by atoms with Gasteiger partial charge in [0.05, 0.1) is 13.2 Å². The van der Waals surface area contributed by atoms with E-state index in [1.54, 1.807) is 0 Å². The molecule has 0 aliphatic heterocycles. The molecule has 0 spiro atoms. The number of aliphatic hydroxyl groups excluding tert-OH is 1. The molecule has 1 atom stereocenters. The van der Waals surface area contributed by atoms with E-state index in [9.17, 15) is 0 Å². The number of aliphatic hydroxyl groups is 1. The van der Waals surface area contributed by atoms with Gasteiger partial charge in [0.25, 0.3) is 0 Å². The van der Waals surface area contributed by atoms with Gasteiger partial charge in [-0.05, 0) is 31.9 Å². The summed E-state index contributed by atoms with van der Waals surface area (Å²) < 4.78 is 5.71. The van der Waals surface area contributed by atoms with Crippen LogP contribution in [0, 0.1) is 13.8 Å². The van der Waals surface area contributed by atoms with Crippen LogP contribution in [0.4, 0.5) is 0 Å². The van der Waals surface area contributed by atoms with Gasteiger partial charge in [0.15, 0.2) is 0 Å². The van der Waals surface area contributed by atoms with E-state index >= 15 is 0 Å². The summed E-state index contributed by atoms with van der Waals surface area (Å²) in [5, 5.41) is 9.02. The van der Waals surface area contributed by atoms with Gasteiger partial charge in [0.1, 0.15) is 5.75 Å². The Hall–Kier alpha value is -1.06. The third-order valence-electron chi connectivity index (χ3n) is 2.69. The third kappa shape index (κ3) is 3.51. The van der Waals surface area contributed by atoms with Gasteiger partial charge >= 0.3 is 0 Å². The van der Waals surface area contributed by atoms with Gasteiger partial charge in [0, 0.05) is 12.0 Å². The molecule has 0 aromatic heterocycles. The standard InChI is InChI=1S/C13H21NO2/c1-10-5-4-6-11(2)12(10)16-8-7-13(3,14)9-15/h4-6,15H,7-9,14H2,1-3H3. The van der Waals surface area contributed by atoms with Crippen LogP contribution >= 0.6 is 0 Å². The minimum atomic E-state index is -0.559. The molecule has 90 valence electrons. The molecule has 0 fully saturated rings. The summed E-state index contributed by atoms with van der Waals surface area (Å²) in [7, 11) is 0. The smallest absolute Gasteiger partial charge is 0.125 e. The summed E-state index contributed by atoms with van der Waals surface area (Å²) in [6, 6.07) is 6.06. The molecule has 3 N–H and O–H groups in total. The molecule has 1 aromatic rings. The molecule has 16 heavy (non-hydrogen) atoms. The van der Waals surface area contributed by atoms with Crippen molar-refractivity contribution in [3.63, 3.8) is 0 Å². The maximum absolute atomic E-state index is 9.02. The largest absolute Gasteiger partial charge is 0.493 e. The van der Waals surface area contributed by atoms with E-state index in [4.69, 9.17) is 15.6 Å². The number of benzene rings is 1.